The molecule has 0 saturated carbocycles. The summed E-state index contributed by atoms with van der Waals surface area (Å²) < 4.78 is 44.6. The van der Waals surface area contributed by atoms with Crippen LogP contribution in [-0.2, 0) is 27.2 Å². The zero-order chi connectivity index (χ0) is 23.8. The predicted molar refractivity (Wildman–Crippen MR) is 125 cm³/mol. The lowest BCUT2D eigenvalue weighted by Crippen LogP contribution is -2.18. The fourth-order valence-corrected chi connectivity index (χ4v) is 2.84. The van der Waals surface area contributed by atoms with Gasteiger partial charge in [0, 0.05) is 5.92 Å². The third-order valence-corrected chi connectivity index (χ3v) is 4.69. The molecular formula is C26H42F2O3. The van der Waals surface area contributed by atoms with Crippen LogP contribution in [0.15, 0.2) is 47.3 Å². The van der Waals surface area contributed by atoms with Gasteiger partial charge in [-0.05, 0) is 43.4 Å². The van der Waals surface area contributed by atoms with Crippen LogP contribution in [-0.4, -0.2) is 20.0 Å². The van der Waals surface area contributed by atoms with Crippen molar-refractivity contribution in [2.24, 2.45) is 5.92 Å². The van der Waals surface area contributed by atoms with Crippen LogP contribution in [0.1, 0.15) is 78.9 Å². The van der Waals surface area contributed by atoms with Crippen molar-refractivity contribution in [1.82, 2.24) is 0 Å². The van der Waals surface area contributed by atoms with Crippen LogP contribution in [0.25, 0.3) is 0 Å². The molecule has 1 aromatic carbocycles. The molecular weight excluding hydrogens is 398 g/mol. The largest absolute Gasteiger partial charge is 0.498 e. The maximum absolute atomic E-state index is 14.4. The van der Waals surface area contributed by atoms with Crippen molar-refractivity contribution in [2.75, 3.05) is 13.7 Å². The number of hydrogen-bond acceptors (Lipinski definition) is 3. The zero-order valence-corrected chi connectivity index (χ0v) is 20.7. The van der Waals surface area contributed by atoms with Crippen molar-refractivity contribution >= 4 is 0 Å². The molecule has 5 heteroatoms. The number of rotatable bonds is 12. The minimum absolute atomic E-state index is 0.0711. The van der Waals surface area contributed by atoms with Gasteiger partial charge in [0.25, 0.3) is 0 Å². The number of methoxy groups -OCH3 is 1. The van der Waals surface area contributed by atoms with Gasteiger partial charge in [-0.1, -0.05) is 71.7 Å². The van der Waals surface area contributed by atoms with E-state index in [0.717, 1.165) is 18.4 Å². The monoisotopic (exact) mass is 440 g/mol. The first-order valence-electron chi connectivity index (χ1n) is 11.4. The topological polar surface area (TPSA) is 27.7 Å². The second kappa shape index (κ2) is 16.9. The Labute approximate surface area is 188 Å². The molecule has 2 unspecified atom stereocenters. The molecule has 178 valence electrons. The van der Waals surface area contributed by atoms with Crippen LogP contribution in [0, 0.1) is 5.92 Å². The molecule has 3 nitrogen and oxygen atoms in total. The summed E-state index contributed by atoms with van der Waals surface area (Å²) >= 11 is 0. The molecule has 1 rings (SSSR count). The lowest BCUT2D eigenvalue weighted by atomic mass is 9.98. The van der Waals surface area contributed by atoms with E-state index in [9.17, 15) is 8.78 Å². The van der Waals surface area contributed by atoms with Gasteiger partial charge in [0.05, 0.1) is 20.3 Å². The molecule has 0 bridgehead atoms. The van der Waals surface area contributed by atoms with Crippen LogP contribution < -0.4 is 0 Å². The third kappa shape index (κ3) is 11.5. The van der Waals surface area contributed by atoms with Crippen molar-refractivity contribution in [3.63, 3.8) is 0 Å². The molecule has 0 aliphatic heterocycles. The van der Waals surface area contributed by atoms with E-state index in [-0.39, 0.29) is 18.3 Å². The van der Waals surface area contributed by atoms with Crippen LogP contribution >= 0.6 is 0 Å². The van der Waals surface area contributed by atoms with Gasteiger partial charge in [-0.3, -0.25) is 0 Å². The van der Waals surface area contributed by atoms with Crippen LogP contribution in [0.3, 0.4) is 0 Å². The fourth-order valence-electron chi connectivity index (χ4n) is 2.84. The molecule has 2 atom stereocenters. The van der Waals surface area contributed by atoms with E-state index in [1.165, 1.54) is 26.0 Å². The summed E-state index contributed by atoms with van der Waals surface area (Å²) in [5.74, 6) is -2.17. The van der Waals surface area contributed by atoms with Crippen molar-refractivity contribution in [3.8, 4) is 0 Å². The van der Waals surface area contributed by atoms with E-state index in [0.29, 0.717) is 18.6 Å². The van der Waals surface area contributed by atoms with Crippen molar-refractivity contribution in [3.05, 3.63) is 58.4 Å². The Kier molecular flexibility index (Phi) is 16.0. The van der Waals surface area contributed by atoms with Crippen molar-refractivity contribution < 1.29 is 23.0 Å². The average molecular weight is 441 g/mol. The summed E-state index contributed by atoms with van der Waals surface area (Å²) in [4.78, 5) is 0. The third-order valence-electron chi connectivity index (χ3n) is 4.69. The smallest absolute Gasteiger partial charge is 0.195 e. The Hall–Kier alpha value is -1.72. The predicted octanol–water partition coefficient (Wildman–Crippen LogP) is 8.05. The summed E-state index contributed by atoms with van der Waals surface area (Å²) in [5, 5.41) is 0. The number of benzene rings is 1. The lowest BCUT2D eigenvalue weighted by Gasteiger charge is -2.20. The number of allylic oxidation sites excluding steroid dienone is 3. The Morgan fingerprint density at radius 3 is 1.94 bits per heavy atom. The van der Waals surface area contributed by atoms with Gasteiger partial charge in [0.15, 0.2) is 17.9 Å². The van der Waals surface area contributed by atoms with Crippen molar-refractivity contribution in [1.29, 1.82) is 0 Å². The second-order valence-corrected chi connectivity index (χ2v) is 7.65. The maximum Gasteiger partial charge on any atom is 0.195 e. The van der Waals surface area contributed by atoms with E-state index >= 15 is 0 Å². The average Bonchev–Trinajstić information content (AvgIpc) is 2.77. The molecule has 0 aliphatic rings. The highest BCUT2D eigenvalue weighted by Gasteiger charge is 2.19. The molecule has 0 amide bonds. The van der Waals surface area contributed by atoms with Gasteiger partial charge in [-0.2, -0.15) is 0 Å². The Balaban J connectivity index is 0.00000282. The second-order valence-electron chi connectivity index (χ2n) is 7.65. The Bertz CT molecular complexity index is 666. The van der Waals surface area contributed by atoms with Crippen molar-refractivity contribution in [2.45, 2.75) is 87.0 Å². The molecule has 0 saturated heterocycles. The minimum Gasteiger partial charge on any atom is -0.498 e. The van der Waals surface area contributed by atoms with Gasteiger partial charge >= 0.3 is 0 Å². The van der Waals surface area contributed by atoms with E-state index in [4.69, 9.17) is 14.2 Å². The normalized spacial score (nSPS) is 14.6. The van der Waals surface area contributed by atoms with Gasteiger partial charge in [0.2, 0.25) is 0 Å². The van der Waals surface area contributed by atoms with Gasteiger partial charge < -0.3 is 14.2 Å². The fraction of sp³-hybridized carbons (Fsp3) is 0.615. The summed E-state index contributed by atoms with van der Waals surface area (Å²) in [6.07, 6.45) is 3.39. The van der Waals surface area contributed by atoms with Crippen LogP contribution in [0.2, 0.25) is 0 Å². The maximum atomic E-state index is 14.4. The van der Waals surface area contributed by atoms with E-state index < -0.39 is 17.9 Å². The quantitative estimate of drug-likeness (QED) is 0.187. The van der Waals surface area contributed by atoms with Crippen LogP contribution in [0.4, 0.5) is 8.78 Å². The standard InChI is InChI=1S/C23H34F2O3.C3H8/c1-7-9-19-10-12-20(13-11-19)15-28-18(5)27-14-16(3)21(8-2)23(25)22(24)17(4)26-6;1-3-2/h10-13,16,18H,7-9,14-15H2,1-6H3;3H2,1-2H3/b22-17-,23-21-;. The summed E-state index contributed by atoms with van der Waals surface area (Å²) in [7, 11) is 1.32. The summed E-state index contributed by atoms with van der Waals surface area (Å²) in [6, 6.07) is 8.34. The first-order chi connectivity index (χ1) is 14.7. The SMILES string of the molecule is CCC.CCCc1ccc(COC(C)OCC(C)/C(CC)=C(F)/C(F)=C(\C)OC)cc1. The molecule has 0 aromatic heterocycles. The highest BCUT2D eigenvalue weighted by atomic mass is 19.2. The lowest BCUT2D eigenvalue weighted by molar-refractivity contribution is -0.142. The van der Waals surface area contributed by atoms with Gasteiger partial charge in [0.1, 0.15) is 5.76 Å². The Morgan fingerprint density at radius 2 is 1.45 bits per heavy atom. The molecule has 0 heterocycles. The minimum atomic E-state index is -0.956. The molecule has 0 aliphatic carbocycles. The molecule has 0 spiro atoms. The van der Waals surface area contributed by atoms with Gasteiger partial charge in [-0.15, -0.1) is 0 Å². The van der Waals surface area contributed by atoms with E-state index in [2.05, 4.69) is 45.0 Å². The highest BCUT2D eigenvalue weighted by molar-refractivity contribution is 5.28. The van der Waals surface area contributed by atoms with E-state index in [1.54, 1.807) is 13.8 Å². The molecule has 1 aromatic rings. The van der Waals surface area contributed by atoms with Crippen LogP contribution in [0.5, 0.6) is 0 Å². The number of ether oxygens (including phenoxy) is 3. The first kappa shape index (κ1) is 29.3. The number of hydrogen-bond donors (Lipinski definition) is 0. The molecule has 0 radical (unpaired) electrons. The molecule has 0 N–H and O–H groups in total. The number of aryl methyl sites for hydroxylation is 1. The Morgan fingerprint density at radius 1 is 0.903 bits per heavy atom. The zero-order valence-electron chi connectivity index (χ0n) is 20.7. The first-order valence-corrected chi connectivity index (χ1v) is 11.4. The molecule has 31 heavy (non-hydrogen) atoms. The number of halogens is 2. The summed E-state index contributed by atoms with van der Waals surface area (Å²) in [5.41, 5.74) is 2.76. The summed E-state index contributed by atoms with van der Waals surface area (Å²) in [6.45, 7) is 13.9. The highest BCUT2D eigenvalue weighted by Crippen LogP contribution is 2.28. The van der Waals surface area contributed by atoms with E-state index in [1.807, 2.05) is 6.92 Å². The van der Waals surface area contributed by atoms with Gasteiger partial charge in [-0.25, -0.2) is 8.78 Å². The molecule has 0 fully saturated rings.